The Morgan fingerprint density at radius 1 is 1.13 bits per heavy atom. The molecule has 0 bridgehead atoms. The first kappa shape index (κ1) is 16.5. The largest absolute Gasteiger partial charge is 0.456 e. The molecule has 31 heavy (non-hydrogen) atoms. The maximum absolute atomic E-state index is 12.4. The highest BCUT2D eigenvalue weighted by Gasteiger charge is 2.14. The van der Waals surface area contributed by atoms with Crippen LogP contribution in [0.2, 0.25) is 0 Å². The van der Waals surface area contributed by atoms with E-state index in [0.717, 1.165) is 4.68 Å². The van der Waals surface area contributed by atoms with Crippen LogP contribution in [-0.2, 0) is 14.0 Å². The molecule has 0 fully saturated rings. The first-order valence-corrected chi connectivity index (χ1v) is 9.11. The lowest BCUT2D eigenvalue weighted by molar-refractivity contribution is 0.102. The molecule has 0 aliphatic rings. The van der Waals surface area contributed by atoms with E-state index in [-0.39, 0.29) is 11.4 Å². The highest BCUT2D eigenvalue weighted by molar-refractivity contribution is 6.03. The number of aromatic nitrogens is 6. The molecule has 0 unspecified atom stereocenters. The van der Waals surface area contributed by atoms with E-state index in [4.69, 9.17) is 8.85 Å². The number of carbonyl (C=O) groups excluding carboxylic acids is 1. The molecule has 0 spiro atoms. The fourth-order valence-corrected chi connectivity index (χ4v) is 2.71. The van der Waals surface area contributed by atoms with Gasteiger partial charge in [0.25, 0.3) is 11.5 Å². The predicted molar refractivity (Wildman–Crippen MR) is 113 cm³/mol. The van der Waals surface area contributed by atoms with Gasteiger partial charge < -0.3 is 10.1 Å². The Balaban J connectivity index is 1.46. The SMILES string of the molecule is [2H]C([2H])([2H])n1cc(-c2cc(Oc3ccc(NC(=O)c4cnc(C)n(C)c4=O)nc3)ccn2)cn1. The van der Waals surface area contributed by atoms with Gasteiger partial charge in [-0.3, -0.25) is 23.8 Å². The number of nitrogens with zero attached hydrogens (tertiary/aromatic N) is 6. The van der Waals surface area contributed by atoms with Gasteiger partial charge in [-0.2, -0.15) is 5.10 Å². The monoisotopic (exact) mass is 420 g/mol. The molecule has 4 heterocycles. The zero-order valence-electron chi connectivity index (χ0n) is 19.6. The van der Waals surface area contributed by atoms with Crippen LogP contribution in [0.25, 0.3) is 11.3 Å². The first-order chi connectivity index (χ1) is 16.1. The quantitative estimate of drug-likeness (QED) is 0.526. The van der Waals surface area contributed by atoms with Crippen molar-refractivity contribution in [3.05, 3.63) is 77.0 Å². The summed E-state index contributed by atoms with van der Waals surface area (Å²) in [6.07, 6.45) is 6.96. The Morgan fingerprint density at radius 3 is 2.74 bits per heavy atom. The van der Waals surface area contributed by atoms with Crippen molar-refractivity contribution in [2.45, 2.75) is 6.92 Å². The minimum absolute atomic E-state index is 0.0960. The van der Waals surface area contributed by atoms with Crippen molar-refractivity contribution in [2.75, 3.05) is 5.32 Å². The summed E-state index contributed by atoms with van der Waals surface area (Å²) < 4.78 is 30.2. The van der Waals surface area contributed by atoms with E-state index >= 15 is 0 Å². The van der Waals surface area contributed by atoms with Gasteiger partial charge in [-0.05, 0) is 25.1 Å². The van der Waals surface area contributed by atoms with Crippen LogP contribution < -0.4 is 15.6 Å². The van der Waals surface area contributed by atoms with Gasteiger partial charge in [-0.25, -0.2) is 9.97 Å². The molecule has 0 aromatic carbocycles. The second-order valence-corrected chi connectivity index (χ2v) is 6.57. The average Bonchev–Trinajstić information content (AvgIpc) is 3.30. The van der Waals surface area contributed by atoms with Crippen LogP contribution in [0.3, 0.4) is 0 Å². The number of amides is 1. The lowest BCUT2D eigenvalue weighted by Crippen LogP contribution is -2.29. The highest BCUT2D eigenvalue weighted by atomic mass is 16.5. The zero-order chi connectivity index (χ0) is 24.5. The standard InChI is InChI=1S/C21H19N7O3/c1-13-23-11-17(21(30)28(13)3)20(29)26-19-5-4-16(10-24-19)31-15-6-7-22-18(8-15)14-9-25-27(2)12-14/h4-12H,1-3H3,(H,24,26,29)/i2D3. The molecule has 10 heteroatoms. The van der Waals surface area contributed by atoms with Gasteiger partial charge in [-0.15, -0.1) is 0 Å². The molecule has 0 aliphatic heterocycles. The summed E-state index contributed by atoms with van der Waals surface area (Å²) in [7, 11) is 1.54. The Bertz CT molecular complexity index is 1410. The van der Waals surface area contributed by atoms with Crippen molar-refractivity contribution in [1.29, 1.82) is 0 Å². The highest BCUT2D eigenvalue weighted by Crippen LogP contribution is 2.25. The molecular weight excluding hydrogens is 398 g/mol. The second kappa shape index (κ2) is 8.19. The van der Waals surface area contributed by atoms with E-state index in [0.29, 0.717) is 28.6 Å². The van der Waals surface area contributed by atoms with Crippen molar-refractivity contribution in [1.82, 2.24) is 29.3 Å². The lowest BCUT2D eigenvalue weighted by atomic mass is 10.2. The third-order valence-corrected chi connectivity index (χ3v) is 4.47. The van der Waals surface area contributed by atoms with Crippen LogP contribution >= 0.6 is 0 Å². The smallest absolute Gasteiger partial charge is 0.266 e. The maximum Gasteiger partial charge on any atom is 0.266 e. The summed E-state index contributed by atoms with van der Waals surface area (Å²) in [6.45, 7) is -0.711. The van der Waals surface area contributed by atoms with Crippen LogP contribution in [0.5, 0.6) is 11.5 Å². The topological polar surface area (TPSA) is 117 Å². The van der Waals surface area contributed by atoms with Crippen molar-refractivity contribution >= 4 is 11.7 Å². The summed E-state index contributed by atoms with van der Waals surface area (Å²) in [5, 5.41) is 6.41. The van der Waals surface area contributed by atoms with Crippen LogP contribution in [0, 0.1) is 6.92 Å². The fraction of sp³-hybridized carbons (Fsp3) is 0.143. The zero-order valence-corrected chi connectivity index (χ0v) is 16.6. The normalized spacial score (nSPS) is 12.5. The van der Waals surface area contributed by atoms with Crippen molar-refractivity contribution in [2.24, 2.45) is 14.0 Å². The molecule has 1 amide bonds. The van der Waals surface area contributed by atoms with E-state index in [1.54, 1.807) is 25.1 Å². The number of hydrogen-bond donors (Lipinski definition) is 1. The van der Waals surface area contributed by atoms with Crippen LogP contribution in [0.15, 0.2) is 60.0 Å². The van der Waals surface area contributed by atoms with Crippen LogP contribution in [0.4, 0.5) is 5.82 Å². The molecule has 0 radical (unpaired) electrons. The summed E-state index contributed by atoms with van der Waals surface area (Å²) in [5.74, 6) is 0.936. The van der Waals surface area contributed by atoms with E-state index in [9.17, 15) is 9.59 Å². The van der Waals surface area contributed by atoms with Gasteiger partial charge in [0.1, 0.15) is 28.7 Å². The second-order valence-electron chi connectivity index (χ2n) is 6.57. The van der Waals surface area contributed by atoms with Gasteiger partial charge in [0.05, 0.1) is 18.1 Å². The Kier molecular flexibility index (Phi) is 4.35. The lowest BCUT2D eigenvalue weighted by Gasteiger charge is -2.09. The van der Waals surface area contributed by atoms with Crippen molar-refractivity contribution < 1.29 is 13.6 Å². The Labute approximate surface area is 181 Å². The number of rotatable bonds is 5. The predicted octanol–water partition coefficient (Wildman–Crippen LogP) is 2.32. The van der Waals surface area contributed by atoms with Crippen LogP contribution in [-0.4, -0.2) is 35.2 Å². The Morgan fingerprint density at radius 2 is 2.00 bits per heavy atom. The molecule has 1 N–H and O–H groups in total. The third-order valence-electron chi connectivity index (χ3n) is 4.47. The maximum atomic E-state index is 12.4. The molecule has 0 saturated heterocycles. The number of hydrogen-bond acceptors (Lipinski definition) is 7. The number of anilines is 1. The molecular formula is C21H19N7O3. The molecule has 4 aromatic rings. The average molecular weight is 420 g/mol. The van der Waals surface area contributed by atoms with Gasteiger partial charge in [0.15, 0.2) is 0 Å². The van der Waals surface area contributed by atoms with E-state index < -0.39 is 18.4 Å². The summed E-state index contributed by atoms with van der Waals surface area (Å²) >= 11 is 0. The number of aryl methyl sites for hydroxylation is 2. The fourth-order valence-electron chi connectivity index (χ4n) is 2.71. The van der Waals surface area contributed by atoms with Crippen molar-refractivity contribution in [3.63, 3.8) is 0 Å². The summed E-state index contributed by atoms with van der Waals surface area (Å²) in [6, 6.07) is 6.40. The number of ether oxygens (including phenoxy) is 1. The summed E-state index contributed by atoms with van der Waals surface area (Å²) in [5.41, 5.74) is 0.455. The van der Waals surface area contributed by atoms with E-state index in [2.05, 4.69) is 25.4 Å². The molecule has 10 nitrogen and oxygen atoms in total. The number of pyridine rings is 2. The molecule has 0 atom stereocenters. The van der Waals surface area contributed by atoms with E-state index in [1.807, 2.05) is 0 Å². The minimum atomic E-state index is -2.38. The molecule has 4 aromatic heterocycles. The van der Waals surface area contributed by atoms with Gasteiger partial charge in [-0.1, -0.05) is 0 Å². The van der Waals surface area contributed by atoms with Gasteiger partial charge in [0, 0.05) is 48.4 Å². The molecule has 0 aliphatic carbocycles. The molecule has 0 saturated carbocycles. The summed E-state index contributed by atoms with van der Waals surface area (Å²) in [4.78, 5) is 37.1. The molecule has 156 valence electrons. The number of nitrogens with one attached hydrogen (secondary N) is 1. The Hall–Kier alpha value is -4.34. The third kappa shape index (κ3) is 4.32. The van der Waals surface area contributed by atoms with Crippen molar-refractivity contribution in [3.8, 4) is 22.8 Å². The first-order valence-electron chi connectivity index (χ1n) is 10.6. The molecule has 4 rings (SSSR count). The van der Waals surface area contributed by atoms with Gasteiger partial charge in [0.2, 0.25) is 0 Å². The van der Waals surface area contributed by atoms with E-state index in [1.165, 1.54) is 48.7 Å². The number of carbonyl (C=O) groups is 1. The minimum Gasteiger partial charge on any atom is -0.456 e. The van der Waals surface area contributed by atoms with Gasteiger partial charge >= 0.3 is 0 Å². The van der Waals surface area contributed by atoms with Crippen LogP contribution in [0.1, 0.15) is 20.3 Å².